The minimum absolute atomic E-state index is 0.00523. The molecule has 12 aromatic rings. The van der Waals surface area contributed by atoms with Crippen LogP contribution < -0.4 is 25.5 Å². The molecule has 11 aromatic carbocycles. The van der Waals surface area contributed by atoms with Crippen molar-refractivity contribution in [3.05, 3.63) is 252 Å². The summed E-state index contributed by atoms with van der Waals surface area (Å²) in [5.41, 5.74) is 26.9. The summed E-state index contributed by atoms with van der Waals surface area (Å²) in [7, 11) is 0. The molecule has 0 fully saturated rings. The minimum atomic E-state index is -0.263. The van der Waals surface area contributed by atoms with Crippen molar-refractivity contribution >= 4 is 96.0 Å². The second kappa shape index (κ2) is 17.7. The molecule has 392 valence electrons. The van der Waals surface area contributed by atoms with Crippen molar-refractivity contribution in [1.29, 1.82) is 0 Å². The van der Waals surface area contributed by atoms with Crippen LogP contribution in [0.3, 0.4) is 0 Å². The highest BCUT2D eigenvalue weighted by molar-refractivity contribution is 6.94. The zero-order chi connectivity index (χ0) is 55.3. The number of benzene rings is 11. The molecule has 0 spiro atoms. The lowest BCUT2D eigenvalue weighted by molar-refractivity contribution is 0.590. The molecule has 2 aliphatic heterocycles. The van der Waals surface area contributed by atoms with E-state index in [1.54, 1.807) is 0 Å². The van der Waals surface area contributed by atoms with Crippen molar-refractivity contribution in [3.8, 4) is 33.4 Å². The fraction of sp³-hybridized carbons (Fsp3) is 0.158. The van der Waals surface area contributed by atoms with Gasteiger partial charge in [-0.2, -0.15) is 0 Å². The Hall–Kier alpha value is -9.06. The van der Waals surface area contributed by atoms with Crippen LogP contribution in [0.2, 0.25) is 0 Å². The number of aryl methyl sites for hydroxylation is 1. The van der Waals surface area contributed by atoms with Crippen LogP contribution in [0.1, 0.15) is 83.2 Å². The number of hydrogen-bond acceptors (Lipinski definition) is 4. The maximum absolute atomic E-state index is 7.24. The second-order valence-corrected chi connectivity index (χ2v) is 25.4. The summed E-state index contributed by atoms with van der Waals surface area (Å²) >= 11 is 0. The number of para-hydroxylation sites is 1. The Morgan fingerprint density at radius 2 is 1.09 bits per heavy atom. The molecular weight excluding hydrogens is 982 g/mol. The van der Waals surface area contributed by atoms with E-state index in [2.05, 4.69) is 301 Å². The van der Waals surface area contributed by atoms with Crippen LogP contribution in [0.25, 0.3) is 66.1 Å². The standard InChI is InChI=1S/C76H64BN3O/c1-47-41-51(48-19-11-10-12-20-48)27-40-66(47)79-68-45-56(78(54-32-28-52(29-33-54)74(2,3)4)55-34-30-53(31-35-55)75(5,6)7)37-39-65(68)77-72-69(79)46-61-60-24-16-18-26-70(60)81-73(61)71(72)62-42-49-21-13-14-22-50(49)43-67(62)80(77)57-36-38-59-58-23-15-17-25-63(58)76(8,9)64(59)44-57/h10-46H,1-9H3. The van der Waals surface area contributed by atoms with E-state index < -0.39 is 0 Å². The van der Waals surface area contributed by atoms with Crippen LogP contribution in [0.4, 0.5) is 45.5 Å². The molecule has 0 atom stereocenters. The van der Waals surface area contributed by atoms with Gasteiger partial charge in [0.2, 0.25) is 0 Å². The summed E-state index contributed by atoms with van der Waals surface area (Å²) in [5, 5.41) is 4.60. The first-order chi connectivity index (χ1) is 39.1. The SMILES string of the molecule is Cc1cc(-c2ccccc2)ccc1N1c2cc(N(c3ccc(C(C)(C)C)cc3)c3ccc(C(C)(C)C)cc3)ccc2B2c3c1cc1c(oc4ccccc41)c3-c1cc3ccccc3cc1N2c1ccc2c(c1)C(C)(C)c1ccccc1-2. The lowest BCUT2D eigenvalue weighted by Crippen LogP contribution is -2.61. The molecule has 1 aliphatic carbocycles. The number of nitrogens with zero attached hydrogens (tertiary/aromatic N) is 3. The van der Waals surface area contributed by atoms with E-state index >= 15 is 0 Å². The Balaban J connectivity index is 1.05. The predicted molar refractivity (Wildman–Crippen MR) is 345 cm³/mol. The average molecular weight is 1050 g/mol. The van der Waals surface area contributed by atoms with Crippen LogP contribution in [0.5, 0.6) is 0 Å². The Bertz CT molecular complexity index is 4480. The molecule has 4 nitrogen and oxygen atoms in total. The lowest BCUT2D eigenvalue weighted by atomic mass is 9.43. The fourth-order valence-electron chi connectivity index (χ4n) is 13.8. The predicted octanol–water partition coefficient (Wildman–Crippen LogP) is 19.8. The molecule has 3 aliphatic rings. The van der Waals surface area contributed by atoms with E-state index in [0.29, 0.717) is 0 Å². The summed E-state index contributed by atoms with van der Waals surface area (Å²) in [4.78, 5) is 7.73. The summed E-state index contributed by atoms with van der Waals surface area (Å²) in [6.45, 7) is 20.6. The minimum Gasteiger partial charge on any atom is -0.455 e. The van der Waals surface area contributed by atoms with E-state index in [0.717, 1.165) is 78.6 Å². The van der Waals surface area contributed by atoms with Crippen molar-refractivity contribution in [2.75, 3.05) is 14.6 Å². The van der Waals surface area contributed by atoms with Gasteiger partial charge in [0.05, 0.1) is 0 Å². The maximum atomic E-state index is 7.24. The molecule has 3 heterocycles. The fourth-order valence-corrected chi connectivity index (χ4v) is 13.8. The van der Waals surface area contributed by atoms with E-state index in [4.69, 9.17) is 4.42 Å². The highest BCUT2D eigenvalue weighted by Crippen LogP contribution is 2.55. The Morgan fingerprint density at radius 1 is 0.457 bits per heavy atom. The van der Waals surface area contributed by atoms with Gasteiger partial charge < -0.3 is 19.0 Å². The molecule has 0 bridgehead atoms. The molecule has 0 unspecified atom stereocenters. The van der Waals surface area contributed by atoms with E-state index in [9.17, 15) is 0 Å². The van der Waals surface area contributed by atoms with Gasteiger partial charge in [-0.3, -0.25) is 0 Å². The first-order valence-electron chi connectivity index (χ1n) is 28.8. The van der Waals surface area contributed by atoms with E-state index in [-0.39, 0.29) is 23.1 Å². The monoisotopic (exact) mass is 1050 g/mol. The highest BCUT2D eigenvalue weighted by atomic mass is 16.3. The Morgan fingerprint density at radius 3 is 1.79 bits per heavy atom. The molecule has 0 N–H and O–H groups in total. The number of furan rings is 1. The third kappa shape index (κ3) is 7.58. The van der Waals surface area contributed by atoms with Crippen molar-refractivity contribution < 1.29 is 4.42 Å². The largest absolute Gasteiger partial charge is 0.455 e. The van der Waals surface area contributed by atoms with Gasteiger partial charge in [-0.25, -0.2) is 0 Å². The van der Waals surface area contributed by atoms with E-state index in [1.165, 1.54) is 71.8 Å². The Labute approximate surface area is 476 Å². The average Bonchev–Trinajstić information content (AvgIpc) is 4.13. The highest BCUT2D eigenvalue weighted by Gasteiger charge is 2.48. The smallest absolute Gasteiger partial charge is 0.333 e. The molecule has 5 heteroatoms. The number of fused-ring (bicyclic) bond motifs is 12. The Kier molecular flexibility index (Phi) is 10.7. The van der Waals surface area contributed by atoms with Crippen LogP contribution in [0, 0.1) is 6.92 Å². The first kappa shape index (κ1) is 49.0. The van der Waals surface area contributed by atoms with Gasteiger partial charge in [0.1, 0.15) is 11.2 Å². The third-order valence-corrected chi connectivity index (χ3v) is 18.0. The normalized spacial score (nSPS) is 14.0. The topological polar surface area (TPSA) is 22.9 Å². The molecule has 15 rings (SSSR count). The van der Waals surface area contributed by atoms with Gasteiger partial charge in [-0.05, 0) is 174 Å². The van der Waals surface area contributed by atoms with Gasteiger partial charge in [-0.1, -0.05) is 195 Å². The van der Waals surface area contributed by atoms with Crippen molar-refractivity contribution in [1.82, 2.24) is 0 Å². The number of rotatable bonds is 6. The summed E-state index contributed by atoms with van der Waals surface area (Å²) in [5.74, 6) is 0. The van der Waals surface area contributed by atoms with Gasteiger partial charge in [0.15, 0.2) is 0 Å². The molecule has 0 saturated carbocycles. The maximum Gasteiger partial charge on any atom is 0.333 e. The first-order valence-corrected chi connectivity index (χ1v) is 28.8. The quantitative estimate of drug-likeness (QED) is 0.155. The molecular formula is C76H64BN3O. The molecule has 0 amide bonds. The van der Waals surface area contributed by atoms with Crippen LogP contribution in [-0.4, -0.2) is 6.85 Å². The van der Waals surface area contributed by atoms with Crippen LogP contribution in [0.15, 0.2) is 229 Å². The molecule has 1 aromatic heterocycles. The van der Waals surface area contributed by atoms with Crippen molar-refractivity contribution in [2.24, 2.45) is 0 Å². The van der Waals surface area contributed by atoms with Crippen LogP contribution >= 0.6 is 0 Å². The zero-order valence-electron chi connectivity index (χ0n) is 47.7. The second-order valence-electron chi connectivity index (χ2n) is 25.4. The van der Waals surface area contributed by atoms with Gasteiger partial charge >= 0.3 is 6.85 Å². The van der Waals surface area contributed by atoms with Crippen molar-refractivity contribution in [2.45, 2.75) is 78.6 Å². The third-order valence-electron chi connectivity index (χ3n) is 18.0. The van der Waals surface area contributed by atoms with Gasteiger partial charge in [-0.15, -0.1) is 0 Å². The molecule has 81 heavy (non-hydrogen) atoms. The lowest BCUT2D eigenvalue weighted by Gasteiger charge is -2.46. The van der Waals surface area contributed by atoms with E-state index in [1.807, 2.05) is 0 Å². The van der Waals surface area contributed by atoms with Crippen molar-refractivity contribution in [3.63, 3.8) is 0 Å². The van der Waals surface area contributed by atoms with Gasteiger partial charge in [0.25, 0.3) is 0 Å². The zero-order valence-corrected chi connectivity index (χ0v) is 47.7. The number of hydrogen-bond donors (Lipinski definition) is 0. The molecule has 0 saturated heterocycles. The summed E-state index contributed by atoms with van der Waals surface area (Å²) in [6, 6.07) is 84.6. The van der Waals surface area contributed by atoms with Gasteiger partial charge in [0, 0.05) is 72.8 Å². The van der Waals surface area contributed by atoms with Crippen LogP contribution in [-0.2, 0) is 16.2 Å². The molecule has 0 radical (unpaired) electrons. The number of anilines is 8. The summed E-state index contributed by atoms with van der Waals surface area (Å²) in [6.07, 6.45) is 0. The summed E-state index contributed by atoms with van der Waals surface area (Å²) < 4.78 is 7.24.